The second-order valence-corrected chi connectivity index (χ2v) is 8.29. The zero-order chi connectivity index (χ0) is 19.0. The quantitative estimate of drug-likeness (QED) is 0.729. The van der Waals surface area contributed by atoms with Crippen LogP contribution < -0.4 is 9.46 Å². The number of anilines is 1. The van der Waals surface area contributed by atoms with Gasteiger partial charge in [0.05, 0.1) is 29.5 Å². The van der Waals surface area contributed by atoms with Crippen LogP contribution in [0.1, 0.15) is 18.4 Å². The summed E-state index contributed by atoms with van der Waals surface area (Å²) in [6, 6.07) is 11.0. The third-order valence-electron chi connectivity index (χ3n) is 4.46. The Labute approximate surface area is 156 Å². The van der Waals surface area contributed by atoms with Gasteiger partial charge in [0.25, 0.3) is 0 Å². The molecule has 136 valence electrons. The summed E-state index contributed by atoms with van der Waals surface area (Å²) in [6.45, 7) is 0. The predicted octanol–water partition coefficient (Wildman–Crippen LogP) is 3.08. The molecule has 2 aromatic heterocycles. The van der Waals surface area contributed by atoms with Crippen LogP contribution in [0, 0.1) is 11.3 Å². The van der Waals surface area contributed by atoms with Crippen molar-refractivity contribution in [2.24, 2.45) is 0 Å². The molecule has 0 atom stereocenters. The highest BCUT2D eigenvalue weighted by Crippen LogP contribution is 2.34. The maximum Gasteiger partial charge on any atom is 0.238 e. The molecule has 3 aromatic rings. The lowest BCUT2D eigenvalue weighted by Gasteiger charge is -2.12. The van der Waals surface area contributed by atoms with Crippen LogP contribution in [0.2, 0.25) is 0 Å². The number of nitrogens with zero attached hydrogens (tertiary/aromatic N) is 3. The number of benzene rings is 1. The van der Waals surface area contributed by atoms with E-state index in [0.717, 1.165) is 10.9 Å². The van der Waals surface area contributed by atoms with Crippen molar-refractivity contribution in [1.29, 1.82) is 5.26 Å². The van der Waals surface area contributed by atoms with E-state index < -0.39 is 10.0 Å². The first kappa shape index (κ1) is 17.2. The Morgan fingerprint density at radius 3 is 2.70 bits per heavy atom. The third kappa shape index (κ3) is 3.29. The third-order valence-corrected chi connectivity index (χ3v) is 6.31. The lowest BCUT2D eigenvalue weighted by Crippen LogP contribution is -2.18. The van der Waals surface area contributed by atoms with Crippen LogP contribution in [0.5, 0.6) is 5.88 Å². The fourth-order valence-corrected chi connectivity index (χ4v) is 4.26. The molecule has 0 radical (unpaired) electrons. The van der Waals surface area contributed by atoms with Gasteiger partial charge in [0, 0.05) is 23.3 Å². The van der Waals surface area contributed by atoms with Crippen LogP contribution in [0.25, 0.3) is 22.0 Å². The first-order valence-corrected chi connectivity index (χ1v) is 9.91. The van der Waals surface area contributed by atoms with Crippen molar-refractivity contribution >= 4 is 26.6 Å². The molecule has 1 N–H and O–H groups in total. The number of sulfonamides is 1. The van der Waals surface area contributed by atoms with Crippen molar-refractivity contribution in [2.75, 3.05) is 11.8 Å². The first-order chi connectivity index (χ1) is 13.0. The highest BCUT2D eigenvalue weighted by molar-refractivity contribution is 7.93. The van der Waals surface area contributed by atoms with Gasteiger partial charge in [-0.05, 0) is 42.7 Å². The maximum absolute atomic E-state index is 12.3. The number of hydrogen-bond acceptors (Lipinski definition) is 6. The number of aromatic nitrogens is 2. The molecular weight excluding hydrogens is 364 g/mol. The van der Waals surface area contributed by atoms with E-state index >= 15 is 0 Å². The Hall–Kier alpha value is -3.18. The number of pyridine rings is 2. The van der Waals surface area contributed by atoms with E-state index in [1.807, 2.05) is 18.2 Å². The van der Waals surface area contributed by atoms with Crippen LogP contribution in [0.4, 0.5) is 5.69 Å². The molecule has 0 saturated heterocycles. The van der Waals surface area contributed by atoms with Gasteiger partial charge in [-0.1, -0.05) is 6.07 Å². The molecule has 1 aliphatic carbocycles. The fraction of sp³-hybridized carbons (Fsp3) is 0.211. The first-order valence-electron chi connectivity index (χ1n) is 8.37. The van der Waals surface area contributed by atoms with E-state index in [9.17, 15) is 13.7 Å². The minimum atomic E-state index is -3.44. The average molecular weight is 380 g/mol. The van der Waals surface area contributed by atoms with Crippen molar-refractivity contribution in [2.45, 2.75) is 18.1 Å². The summed E-state index contributed by atoms with van der Waals surface area (Å²) in [5.41, 5.74) is 3.05. The Kier molecular flexibility index (Phi) is 4.16. The van der Waals surface area contributed by atoms with Crippen LogP contribution in [0.3, 0.4) is 0 Å². The standard InChI is InChI=1S/C19H16N4O3S/c1-26-19-18(23-27(24,25)15-3-4-15)9-14(11-22-19)12-2-5-17-16(8-12)13(10-20)6-7-21-17/h2,5-9,11,15,23H,3-4H2,1H3. The summed E-state index contributed by atoms with van der Waals surface area (Å²) >= 11 is 0. The van der Waals surface area contributed by atoms with Gasteiger partial charge >= 0.3 is 0 Å². The Balaban J connectivity index is 1.79. The minimum absolute atomic E-state index is 0.211. The number of ether oxygens (including phenoxy) is 1. The smallest absolute Gasteiger partial charge is 0.238 e. The van der Waals surface area contributed by atoms with Crippen molar-refractivity contribution in [1.82, 2.24) is 9.97 Å². The number of nitriles is 1. The monoisotopic (exact) mass is 380 g/mol. The Morgan fingerprint density at radius 1 is 1.19 bits per heavy atom. The second-order valence-electron chi connectivity index (χ2n) is 6.33. The van der Waals surface area contributed by atoms with E-state index in [4.69, 9.17) is 4.74 Å². The molecule has 7 nitrogen and oxygen atoms in total. The van der Waals surface area contributed by atoms with Gasteiger partial charge in [0.15, 0.2) is 0 Å². The fourth-order valence-electron chi connectivity index (χ4n) is 2.88. The van der Waals surface area contributed by atoms with Crippen molar-refractivity contribution in [3.63, 3.8) is 0 Å². The van der Waals surface area contributed by atoms with E-state index in [1.165, 1.54) is 7.11 Å². The molecule has 0 amide bonds. The molecule has 8 heteroatoms. The van der Waals surface area contributed by atoms with Crippen molar-refractivity contribution < 1.29 is 13.2 Å². The number of rotatable bonds is 5. The normalized spacial score (nSPS) is 13.9. The molecule has 1 aromatic carbocycles. The van der Waals surface area contributed by atoms with E-state index in [1.54, 1.807) is 24.5 Å². The van der Waals surface area contributed by atoms with Gasteiger partial charge in [0.1, 0.15) is 5.69 Å². The lowest BCUT2D eigenvalue weighted by atomic mass is 10.0. The van der Waals surface area contributed by atoms with Gasteiger partial charge in [-0.25, -0.2) is 13.4 Å². The van der Waals surface area contributed by atoms with Gasteiger partial charge in [-0.15, -0.1) is 0 Å². The zero-order valence-electron chi connectivity index (χ0n) is 14.5. The topological polar surface area (TPSA) is 105 Å². The molecule has 4 rings (SSSR count). The van der Waals surface area contributed by atoms with E-state index in [0.29, 0.717) is 35.2 Å². The highest BCUT2D eigenvalue weighted by atomic mass is 32.2. The Bertz CT molecular complexity index is 1180. The summed E-state index contributed by atoms with van der Waals surface area (Å²) in [6.07, 6.45) is 4.54. The molecule has 2 heterocycles. The predicted molar refractivity (Wildman–Crippen MR) is 102 cm³/mol. The highest BCUT2D eigenvalue weighted by Gasteiger charge is 2.36. The van der Waals surface area contributed by atoms with Crippen LogP contribution in [-0.4, -0.2) is 30.7 Å². The zero-order valence-corrected chi connectivity index (χ0v) is 15.3. The molecule has 0 spiro atoms. The molecule has 1 fully saturated rings. The Morgan fingerprint density at radius 2 is 2.00 bits per heavy atom. The van der Waals surface area contributed by atoms with Crippen LogP contribution in [0.15, 0.2) is 42.7 Å². The molecule has 1 saturated carbocycles. The molecule has 27 heavy (non-hydrogen) atoms. The number of hydrogen-bond donors (Lipinski definition) is 1. The number of methoxy groups -OCH3 is 1. The molecular formula is C19H16N4O3S. The second kappa shape index (κ2) is 6.52. The van der Waals surface area contributed by atoms with Crippen molar-refractivity contribution in [3.8, 4) is 23.1 Å². The summed E-state index contributed by atoms with van der Waals surface area (Å²) in [5, 5.41) is 9.69. The van der Waals surface area contributed by atoms with Crippen molar-refractivity contribution in [3.05, 3.63) is 48.3 Å². The number of nitrogens with one attached hydrogen (secondary N) is 1. The SMILES string of the molecule is COc1ncc(-c2ccc3nccc(C#N)c3c2)cc1NS(=O)(=O)C1CC1. The molecule has 0 bridgehead atoms. The molecule has 0 aliphatic heterocycles. The van der Waals surface area contributed by atoms with Gasteiger partial charge in [-0.2, -0.15) is 5.26 Å². The van der Waals surface area contributed by atoms with Crippen LogP contribution >= 0.6 is 0 Å². The summed E-state index contributed by atoms with van der Waals surface area (Å²) < 4.78 is 32.4. The molecule has 0 unspecified atom stereocenters. The van der Waals surface area contributed by atoms with E-state index in [2.05, 4.69) is 20.8 Å². The van der Waals surface area contributed by atoms with Gasteiger partial charge in [0.2, 0.25) is 15.9 Å². The largest absolute Gasteiger partial charge is 0.480 e. The van der Waals surface area contributed by atoms with Gasteiger partial charge in [-0.3, -0.25) is 9.71 Å². The van der Waals surface area contributed by atoms with Crippen LogP contribution in [-0.2, 0) is 10.0 Å². The average Bonchev–Trinajstić information content (AvgIpc) is 3.52. The minimum Gasteiger partial charge on any atom is -0.480 e. The maximum atomic E-state index is 12.3. The summed E-state index contributed by atoms with van der Waals surface area (Å²) in [7, 11) is -2.00. The number of fused-ring (bicyclic) bond motifs is 1. The summed E-state index contributed by atoms with van der Waals surface area (Å²) in [5.74, 6) is 0.211. The molecule has 1 aliphatic rings. The van der Waals surface area contributed by atoms with Gasteiger partial charge < -0.3 is 4.74 Å². The lowest BCUT2D eigenvalue weighted by molar-refractivity contribution is 0.400. The van der Waals surface area contributed by atoms with E-state index in [-0.39, 0.29) is 11.1 Å². The summed E-state index contributed by atoms with van der Waals surface area (Å²) in [4.78, 5) is 8.50.